The van der Waals surface area contributed by atoms with Crippen molar-refractivity contribution in [3.05, 3.63) is 74.6 Å². The smallest absolute Gasteiger partial charge is 0.348 e. The van der Waals surface area contributed by atoms with Crippen molar-refractivity contribution in [1.29, 1.82) is 0 Å². The van der Waals surface area contributed by atoms with E-state index >= 15 is 0 Å². The fraction of sp³-hybridized carbons (Fsp3) is 0.200. The van der Waals surface area contributed by atoms with Crippen LogP contribution in [0.15, 0.2) is 62.2 Å². The predicted octanol–water partition coefficient (Wildman–Crippen LogP) is 4.01. The number of carbonyl (C=O) groups excluding carboxylic acids is 1. The van der Waals surface area contributed by atoms with Crippen molar-refractivity contribution in [2.24, 2.45) is 0 Å². The molecule has 1 aliphatic rings. The molecule has 2 aromatic carbocycles. The first-order valence-corrected chi connectivity index (χ1v) is 9.04. The topological polar surface area (TPSA) is 65.7 Å². The molecule has 0 radical (unpaired) electrons. The monoisotopic (exact) mass is 414 g/mol. The quantitative estimate of drug-likeness (QED) is 0.478. The highest BCUT2D eigenvalue weighted by Gasteiger charge is 2.45. The minimum Gasteiger partial charge on any atom is -0.476 e. The van der Waals surface area contributed by atoms with Gasteiger partial charge in [-0.2, -0.15) is 0 Å². The molecule has 0 spiro atoms. The average molecular weight is 415 g/mol. The lowest BCUT2D eigenvalue weighted by molar-refractivity contribution is -0.151. The van der Waals surface area contributed by atoms with E-state index in [2.05, 4.69) is 15.9 Å². The maximum Gasteiger partial charge on any atom is 0.348 e. The second kappa shape index (κ2) is 6.61. The lowest BCUT2D eigenvalue weighted by atomic mass is 9.88. The fourth-order valence-electron chi connectivity index (χ4n) is 3.31. The number of carbonyl (C=O) groups is 1. The Balaban J connectivity index is 1.97. The van der Waals surface area contributed by atoms with E-state index in [1.165, 1.54) is 0 Å². The van der Waals surface area contributed by atoms with Crippen molar-refractivity contribution in [2.75, 3.05) is 6.61 Å². The zero-order chi connectivity index (χ0) is 18.3. The molecule has 1 aliphatic heterocycles. The second-order valence-electron chi connectivity index (χ2n) is 5.95. The minimum atomic E-state index is -0.931. The van der Waals surface area contributed by atoms with E-state index in [1.54, 1.807) is 19.1 Å². The summed E-state index contributed by atoms with van der Waals surface area (Å²) in [5.41, 5.74) is 1.05. The molecular formula is C20H15BrO5. The van der Waals surface area contributed by atoms with Gasteiger partial charge in [-0.15, -0.1) is 0 Å². The Morgan fingerprint density at radius 3 is 2.69 bits per heavy atom. The third-order valence-electron chi connectivity index (χ3n) is 4.39. The Hall–Kier alpha value is -2.60. The van der Waals surface area contributed by atoms with Crippen molar-refractivity contribution in [1.82, 2.24) is 0 Å². The number of hydrogen-bond donors (Lipinski definition) is 0. The Morgan fingerprint density at radius 2 is 1.96 bits per heavy atom. The lowest BCUT2D eigenvalue weighted by Crippen LogP contribution is -2.32. The molecule has 0 unspecified atom stereocenters. The molecular weight excluding hydrogens is 400 g/mol. The molecule has 0 N–H and O–H groups in total. The molecule has 0 fully saturated rings. The van der Waals surface area contributed by atoms with Crippen LogP contribution in [0.2, 0.25) is 0 Å². The highest BCUT2D eigenvalue weighted by Crippen LogP contribution is 2.45. The summed E-state index contributed by atoms with van der Waals surface area (Å²) in [5.74, 6) is -0.700. The van der Waals surface area contributed by atoms with Crippen LogP contribution in [0.4, 0.5) is 0 Å². The molecule has 0 saturated heterocycles. The second-order valence-corrected chi connectivity index (χ2v) is 6.87. The van der Waals surface area contributed by atoms with Crippen molar-refractivity contribution >= 4 is 32.9 Å². The van der Waals surface area contributed by atoms with E-state index in [1.807, 2.05) is 36.4 Å². The normalized spacial score (nSPS) is 18.4. The summed E-state index contributed by atoms with van der Waals surface area (Å²) in [6, 6.07) is 14.6. The van der Waals surface area contributed by atoms with E-state index in [0.717, 1.165) is 10.0 Å². The van der Waals surface area contributed by atoms with Crippen LogP contribution < -0.4 is 10.4 Å². The van der Waals surface area contributed by atoms with Crippen molar-refractivity contribution in [3.63, 3.8) is 0 Å². The van der Waals surface area contributed by atoms with Gasteiger partial charge in [0.25, 0.3) is 0 Å². The van der Waals surface area contributed by atoms with E-state index in [4.69, 9.17) is 13.9 Å². The average Bonchev–Trinajstić information content (AvgIpc) is 3.05. The van der Waals surface area contributed by atoms with Crippen molar-refractivity contribution < 1.29 is 18.7 Å². The molecule has 0 amide bonds. The van der Waals surface area contributed by atoms with Gasteiger partial charge in [0.15, 0.2) is 0 Å². The zero-order valence-electron chi connectivity index (χ0n) is 13.9. The summed E-state index contributed by atoms with van der Waals surface area (Å²) >= 11 is 3.42. The predicted molar refractivity (Wildman–Crippen MR) is 99.5 cm³/mol. The summed E-state index contributed by atoms with van der Waals surface area (Å²) in [6.07, 6.45) is -0.931. The van der Waals surface area contributed by atoms with Gasteiger partial charge in [-0.3, -0.25) is 0 Å². The van der Waals surface area contributed by atoms with Gasteiger partial charge in [-0.25, -0.2) is 9.59 Å². The molecule has 0 saturated carbocycles. The van der Waals surface area contributed by atoms with Crippen LogP contribution >= 0.6 is 15.9 Å². The van der Waals surface area contributed by atoms with Gasteiger partial charge in [-0.05, 0) is 30.7 Å². The summed E-state index contributed by atoms with van der Waals surface area (Å²) in [4.78, 5) is 25.2. The first-order chi connectivity index (χ1) is 12.6. The first-order valence-electron chi connectivity index (χ1n) is 8.24. The van der Waals surface area contributed by atoms with Crippen LogP contribution in [0.3, 0.4) is 0 Å². The number of ether oxygens (including phenoxy) is 2. The molecule has 0 aliphatic carbocycles. The molecule has 132 valence electrons. The summed E-state index contributed by atoms with van der Waals surface area (Å²) in [6.45, 7) is 1.97. The Kier molecular flexibility index (Phi) is 4.28. The zero-order valence-corrected chi connectivity index (χ0v) is 15.5. The van der Waals surface area contributed by atoms with E-state index in [9.17, 15) is 9.59 Å². The van der Waals surface area contributed by atoms with Gasteiger partial charge in [0.05, 0.1) is 23.5 Å². The van der Waals surface area contributed by atoms with Crippen LogP contribution in [-0.2, 0) is 9.53 Å². The molecule has 2 heterocycles. The van der Waals surface area contributed by atoms with E-state index in [-0.39, 0.29) is 6.61 Å². The maximum absolute atomic E-state index is 12.7. The molecule has 1 aromatic heterocycles. The third kappa shape index (κ3) is 2.70. The number of benzene rings is 2. The van der Waals surface area contributed by atoms with Gasteiger partial charge < -0.3 is 13.9 Å². The van der Waals surface area contributed by atoms with Crippen LogP contribution in [0.1, 0.15) is 24.0 Å². The number of rotatable bonds is 3. The van der Waals surface area contributed by atoms with Crippen LogP contribution in [0.5, 0.6) is 5.75 Å². The third-order valence-corrected chi connectivity index (χ3v) is 4.88. The summed E-state index contributed by atoms with van der Waals surface area (Å²) in [5, 5.41) is 0.640. The van der Waals surface area contributed by atoms with E-state index < -0.39 is 23.6 Å². The van der Waals surface area contributed by atoms with Crippen molar-refractivity contribution in [2.45, 2.75) is 18.9 Å². The Bertz CT molecular complexity index is 1040. The van der Waals surface area contributed by atoms with Gasteiger partial charge in [0, 0.05) is 4.47 Å². The minimum absolute atomic E-state index is 0.234. The number of fused-ring (bicyclic) bond motifs is 3. The van der Waals surface area contributed by atoms with Gasteiger partial charge in [0.1, 0.15) is 11.3 Å². The van der Waals surface area contributed by atoms with Crippen molar-refractivity contribution in [3.8, 4) is 5.75 Å². The number of halogens is 1. The van der Waals surface area contributed by atoms with Gasteiger partial charge in [-0.1, -0.05) is 46.3 Å². The largest absolute Gasteiger partial charge is 0.476 e. The van der Waals surface area contributed by atoms with Gasteiger partial charge in [0.2, 0.25) is 6.10 Å². The molecule has 26 heavy (non-hydrogen) atoms. The highest BCUT2D eigenvalue weighted by molar-refractivity contribution is 9.10. The Labute approximate surface area is 157 Å². The van der Waals surface area contributed by atoms with E-state index in [0.29, 0.717) is 22.3 Å². The molecule has 5 nitrogen and oxygen atoms in total. The molecule has 3 aromatic rings. The molecule has 6 heteroatoms. The summed E-state index contributed by atoms with van der Waals surface area (Å²) in [7, 11) is 0. The maximum atomic E-state index is 12.7. The number of hydrogen-bond acceptors (Lipinski definition) is 5. The fourth-order valence-corrected chi connectivity index (χ4v) is 3.67. The first kappa shape index (κ1) is 16.8. The molecule has 4 rings (SSSR count). The SMILES string of the molecule is CCOC(=O)[C@@H]1Oc2c(c(=O)oc3ccc(Br)cc23)[C@H]1c1ccccc1. The van der Waals surface area contributed by atoms with Crippen LogP contribution in [-0.4, -0.2) is 18.7 Å². The Morgan fingerprint density at radius 1 is 1.19 bits per heavy atom. The van der Waals surface area contributed by atoms with Crippen LogP contribution in [0.25, 0.3) is 11.0 Å². The molecule has 0 bridgehead atoms. The van der Waals surface area contributed by atoms with Gasteiger partial charge >= 0.3 is 11.6 Å². The lowest BCUT2D eigenvalue weighted by Gasteiger charge is -2.17. The molecule has 2 atom stereocenters. The van der Waals surface area contributed by atoms with Crippen LogP contribution in [0, 0.1) is 0 Å². The standard InChI is InChI=1S/C20H15BrO5/c1-2-24-20(23)18-15(11-6-4-3-5-7-11)16-17(26-18)13-10-12(21)8-9-14(13)25-19(16)22/h3-10,15,18H,2H2,1H3/t15-,18-/m1/s1. The highest BCUT2D eigenvalue weighted by atomic mass is 79.9. The number of esters is 1. The summed E-state index contributed by atoms with van der Waals surface area (Å²) < 4.78 is 17.5.